The van der Waals surface area contributed by atoms with Crippen LogP contribution >= 0.6 is 0 Å². The molecule has 20 heavy (non-hydrogen) atoms. The molecule has 0 atom stereocenters. The summed E-state index contributed by atoms with van der Waals surface area (Å²) in [4.78, 5) is 11.7. The van der Waals surface area contributed by atoms with E-state index in [0.29, 0.717) is 6.10 Å². The monoisotopic (exact) mass is 274 g/mol. The predicted molar refractivity (Wildman–Crippen MR) is 77.1 cm³/mol. The van der Waals surface area contributed by atoms with Crippen molar-refractivity contribution in [2.24, 2.45) is 0 Å². The molecule has 108 valence electrons. The minimum atomic E-state index is -0.687. The van der Waals surface area contributed by atoms with E-state index in [-0.39, 0.29) is 0 Å². The van der Waals surface area contributed by atoms with E-state index in [0.717, 1.165) is 49.8 Å². The highest BCUT2D eigenvalue weighted by Crippen LogP contribution is 2.42. The van der Waals surface area contributed by atoms with E-state index < -0.39 is 11.4 Å². The minimum Gasteiger partial charge on any atom is -0.490 e. The predicted octanol–water partition coefficient (Wildman–Crippen LogP) is 3.90. The molecule has 2 aliphatic carbocycles. The molecule has 0 aliphatic heterocycles. The van der Waals surface area contributed by atoms with Crippen LogP contribution in [0.1, 0.15) is 56.9 Å². The standard InChI is InChI=1S/C17H22O3/c18-16(19)17(10-3-4-11-17)13-6-5-9-15(12-13)20-14-7-1-2-8-14/h5-6,9,12,14H,1-4,7-8,10-11H2,(H,18,19). The molecule has 0 unspecified atom stereocenters. The summed E-state index contributed by atoms with van der Waals surface area (Å²) in [6.07, 6.45) is 8.52. The van der Waals surface area contributed by atoms with E-state index in [9.17, 15) is 9.90 Å². The third-order valence-electron chi connectivity index (χ3n) is 4.86. The SMILES string of the molecule is O=C(O)C1(c2cccc(OC3CCCC3)c2)CCCC1. The van der Waals surface area contributed by atoms with Gasteiger partial charge in [-0.1, -0.05) is 25.0 Å². The van der Waals surface area contributed by atoms with Crippen LogP contribution in [0, 0.1) is 0 Å². The second-order valence-corrected chi connectivity index (χ2v) is 6.15. The zero-order valence-electron chi connectivity index (χ0n) is 11.8. The number of carboxylic acids is 1. The Labute approximate surface area is 120 Å². The van der Waals surface area contributed by atoms with Crippen LogP contribution < -0.4 is 4.74 Å². The maximum atomic E-state index is 11.7. The molecule has 0 heterocycles. The average Bonchev–Trinajstić information content (AvgIpc) is 3.10. The molecule has 0 amide bonds. The Hall–Kier alpha value is -1.51. The van der Waals surface area contributed by atoms with Crippen molar-refractivity contribution in [3.05, 3.63) is 29.8 Å². The zero-order valence-corrected chi connectivity index (χ0v) is 11.8. The lowest BCUT2D eigenvalue weighted by Crippen LogP contribution is -2.32. The fourth-order valence-corrected chi connectivity index (χ4v) is 3.67. The lowest BCUT2D eigenvalue weighted by atomic mass is 9.79. The Morgan fingerprint density at radius 1 is 1.15 bits per heavy atom. The Kier molecular flexibility index (Phi) is 3.68. The third-order valence-corrected chi connectivity index (χ3v) is 4.86. The number of rotatable bonds is 4. The second-order valence-electron chi connectivity index (χ2n) is 6.15. The molecule has 0 aromatic heterocycles. The van der Waals surface area contributed by atoms with Gasteiger partial charge in [0, 0.05) is 0 Å². The van der Waals surface area contributed by atoms with Gasteiger partial charge in [-0.2, -0.15) is 0 Å². The van der Waals surface area contributed by atoms with Crippen LogP contribution in [0.15, 0.2) is 24.3 Å². The largest absolute Gasteiger partial charge is 0.490 e. The van der Waals surface area contributed by atoms with Gasteiger partial charge in [-0.15, -0.1) is 0 Å². The molecule has 0 bridgehead atoms. The molecule has 1 aromatic carbocycles. The van der Waals surface area contributed by atoms with Crippen molar-refractivity contribution in [2.45, 2.75) is 62.9 Å². The van der Waals surface area contributed by atoms with E-state index in [4.69, 9.17) is 4.74 Å². The highest BCUT2D eigenvalue weighted by atomic mass is 16.5. The van der Waals surface area contributed by atoms with Gasteiger partial charge in [0.2, 0.25) is 0 Å². The molecule has 2 fully saturated rings. The van der Waals surface area contributed by atoms with Crippen LogP contribution in [0.25, 0.3) is 0 Å². The summed E-state index contributed by atoms with van der Waals surface area (Å²) in [5.74, 6) is 0.148. The molecule has 2 saturated carbocycles. The summed E-state index contributed by atoms with van der Waals surface area (Å²) < 4.78 is 6.01. The first-order chi connectivity index (χ1) is 9.71. The molecule has 0 radical (unpaired) electrons. The first-order valence-corrected chi connectivity index (χ1v) is 7.71. The fraction of sp³-hybridized carbons (Fsp3) is 0.588. The Morgan fingerprint density at radius 3 is 2.50 bits per heavy atom. The molecule has 1 aromatic rings. The zero-order chi connectivity index (χ0) is 14.0. The molecule has 0 saturated heterocycles. The van der Waals surface area contributed by atoms with Crippen LogP contribution in [0.4, 0.5) is 0 Å². The van der Waals surface area contributed by atoms with Crippen LogP contribution in [-0.4, -0.2) is 17.2 Å². The van der Waals surface area contributed by atoms with Crippen molar-refractivity contribution in [1.82, 2.24) is 0 Å². The normalized spacial score (nSPS) is 22.0. The van der Waals surface area contributed by atoms with Gasteiger partial charge < -0.3 is 9.84 Å². The average molecular weight is 274 g/mol. The lowest BCUT2D eigenvalue weighted by Gasteiger charge is -2.25. The van der Waals surface area contributed by atoms with E-state index >= 15 is 0 Å². The molecule has 3 rings (SSSR count). The summed E-state index contributed by atoms with van der Waals surface area (Å²) in [6.45, 7) is 0. The highest BCUT2D eigenvalue weighted by molar-refractivity contribution is 5.82. The van der Waals surface area contributed by atoms with Crippen LogP contribution in [0.2, 0.25) is 0 Å². The summed E-state index contributed by atoms with van der Waals surface area (Å²) in [5, 5.41) is 9.65. The number of benzene rings is 1. The van der Waals surface area contributed by atoms with Crippen molar-refractivity contribution >= 4 is 5.97 Å². The van der Waals surface area contributed by atoms with Crippen molar-refractivity contribution in [3.8, 4) is 5.75 Å². The quantitative estimate of drug-likeness (QED) is 0.905. The van der Waals surface area contributed by atoms with E-state index in [1.807, 2.05) is 24.3 Å². The maximum Gasteiger partial charge on any atom is 0.314 e. The lowest BCUT2D eigenvalue weighted by molar-refractivity contribution is -0.143. The molecular formula is C17H22O3. The number of aliphatic carboxylic acids is 1. The van der Waals surface area contributed by atoms with Crippen LogP contribution in [-0.2, 0) is 10.2 Å². The van der Waals surface area contributed by atoms with Gasteiger partial charge in [-0.05, 0) is 56.2 Å². The summed E-state index contributed by atoms with van der Waals surface area (Å²) in [7, 11) is 0. The van der Waals surface area contributed by atoms with Crippen LogP contribution in [0.5, 0.6) is 5.75 Å². The van der Waals surface area contributed by atoms with Crippen molar-refractivity contribution in [1.29, 1.82) is 0 Å². The first kappa shape index (κ1) is 13.5. The number of hydrogen-bond donors (Lipinski definition) is 1. The number of carboxylic acid groups (broad SMARTS) is 1. The van der Waals surface area contributed by atoms with Gasteiger partial charge in [0.1, 0.15) is 5.75 Å². The third kappa shape index (κ3) is 2.41. The molecule has 0 spiro atoms. The van der Waals surface area contributed by atoms with Crippen molar-refractivity contribution < 1.29 is 14.6 Å². The summed E-state index contributed by atoms with van der Waals surface area (Å²) in [5.41, 5.74) is 0.229. The Morgan fingerprint density at radius 2 is 1.85 bits per heavy atom. The van der Waals surface area contributed by atoms with Crippen LogP contribution in [0.3, 0.4) is 0 Å². The molecule has 3 nitrogen and oxygen atoms in total. The van der Waals surface area contributed by atoms with E-state index in [2.05, 4.69) is 0 Å². The summed E-state index contributed by atoms with van der Waals surface area (Å²) >= 11 is 0. The van der Waals surface area contributed by atoms with Gasteiger partial charge in [-0.3, -0.25) is 4.79 Å². The first-order valence-electron chi connectivity index (χ1n) is 7.71. The number of ether oxygens (including phenoxy) is 1. The van der Waals surface area contributed by atoms with Crippen molar-refractivity contribution in [3.63, 3.8) is 0 Å². The smallest absolute Gasteiger partial charge is 0.314 e. The minimum absolute atomic E-state index is 0.314. The highest BCUT2D eigenvalue weighted by Gasteiger charge is 2.43. The topological polar surface area (TPSA) is 46.5 Å². The van der Waals surface area contributed by atoms with Gasteiger partial charge in [0.15, 0.2) is 0 Å². The van der Waals surface area contributed by atoms with Gasteiger partial charge >= 0.3 is 5.97 Å². The maximum absolute atomic E-state index is 11.7. The Bertz CT molecular complexity index is 483. The van der Waals surface area contributed by atoms with Gasteiger partial charge in [-0.25, -0.2) is 0 Å². The van der Waals surface area contributed by atoms with Crippen molar-refractivity contribution in [2.75, 3.05) is 0 Å². The molecular weight excluding hydrogens is 252 g/mol. The second kappa shape index (κ2) is 5.47. The fourth-order valence-electron chi connectivity index (χ4n) is 3.67. The number of carbonyl (C=O) groups is 1. The van der Waals surface area contributed by atoms with Gasteiger partial charge in [0.25, 0.3) is 0 Å². The number of hydrogen-bond acceptors (Lipinski definition) is 2. The molecule has 2 aliphatic rings. The Balaban J connectivity index is 1.84. The van der Waals surface area contributed by atoms with E-state index in [1.165, 1.54) is 12.8 Å². The molecule has 3 heteroatoms. The summed E-state index contributed by atoms with van der Waals surface area (Å²) in [6, 6.07) is 7.79. The van der Waals surface area contributed by atoms with Gasteiger partial charge in [0.05, 0.1) is 11.5 Å². The van der Waals surface area contributed by atoms with E-state index in [1.54, 1.807) is 0 Å². The molecule has 1 N–H and O–H groups in total.